The molecule has 0 radical (unpaired) electrons. The summed E-state index contributed by atoms with van der Waals surface area (Å²) in [6.07, 6.45) is 0. The third-order valence-corrected chi connectivity index (χ3v) is 3.06. The van der Waals surface area contributed by atoms with Crippen LogP contribution in [0.4, 0.5) is 4.39 Å². The largest absolute Gasteiger partial charge is 0.431 e. The van der Waals surface area contributed by atoms with E-state index in [9.17, 15) is 4.39 Å². The Labute approximate surface area is 110 Å². The third-order valence-electron chi connectivity index (χ3n) is 2.04. The van der Waals surface area contributed by atoms with E-state index in [0.717, 1.165) is 10.6 Å². The predicted molar refractivity (Wildman–Crippen MR) is 70.6 cm³/mol. The lowest BCUT2D eigenvalue weighted by molar-refractivity contribution is 0.284. The molecule has 0 aliphatic heterocycles. The summed E-state index contributed by atoms with van der Waals surface area (Å²) in [6.45, 7) is 5.76. The van der Waals surface area contributed by atoms with Crippen LogP contribution in [0.2, 0.25) is 0 Å². The highest BCUT2D eigenvalue weighted by Crippen LogP contribution is 2.28. The predicted octanol–water partition coefficient (Wildman–Crippen LogP) is 3.90. The lowest BCUT2D eigenvalue weighted by Gasteiger charge is -1.99. The molecule has 0 aliphatic rings. The first-order valence-electron chi connectivity index (χ1n) is 5.69. The molecule has 1 aromatic heterocycles. The molecule has 5 heteroatoms. The molecule has 18 heavy (non-hydrogen) atoms. The first kappa shape index (κ1) is 14.6. The van der Waals surface area contributed by atoms with Crippen molar-refractivity contribution < 1.29 is 14.2 Å². The molecule has 0 aliphatic carbocycles. The Morgan fingerprint density at radius 2 is 1.89 bits per heavy atom. The van der Waals surface area contributed by atoms with Crippen LogP contribution in [-0.4, -0.2) is 10.1 Å². The molecule has 1 heterocycles. The van der Waals surface area contributed by atoms with Gasteiger partial charge in [0.25, 0.3) is 5.19 Å². The number of rotatable bonds is 3. The molecular weight excluding hydrogens is 253 g/mol. The molecule has 1 N–H and O–H groups in total. The molecule has 0 amide bonds. The topological polar surface area (TPSA) is 42.4 Å². The van der Waals surface area contributed by atoms with Gasteiger partial charge in [0.2, 0.25) is 0 Å². The van der Waals surface area contributed by atoms with E-state index in [2.05, 4.69) is 4.98 Å². The fourth-order valence-electron chi connectivity index (χ4n) is 1.20. The average molecular weight is 269 g/mol. The van der Waals surface area contributed by atoms with Gasteiger partial charge in [0, 0.05) is 0 Å². The molecule has 0 unspecified atom stereocenters. The number of nitrogens with zero attached hydrogens (tertiary/aromatic N) is 1. The lowest BCUT2D eigenvalue weighted by atomic mass is 10.3. The number of aliphatic hydroxyl groups excluding tert-OH is 1. The molecule has 2 aromatic rings. The van der Waals surface area contributed by atoms with Gasteiger partial charge in [-0.3, -0.25) is 0 Å². The smallest absolute Gasteiger partial charge is 0.279 e. The Bertz CT molecular complexity index is 482. The van der Waals surface area contributed by atoms with E-state index in [1.807, 2.05) is 13.8 Å². The molecule has 0 atom stereocenters. The number of aryl methyl sites for hydroxylation is 1. The Hall–Kier alpha value is -1.46. The second-order valence-corrected chi connectivity index (χ2v) is 4.25. The van der Waals surface area contributed by atoms with E-state index in [1.54, 1.807) is 6.92 Å². The van der Waals surface area contributed by atoms with Crippen molar-refractivity contribution in [1.29, 1.82) is 0 Å². The second-order valence-electron chi connectivity index (χ2n) is 3.20. The number of benzene rings is 1. The van der Waals surface area contributed by atoms with Crippen LogP contribution in [0.25, 0.3) is 0 Å². The fraction of sp³-hybridized carbons (Fsp3) is 0.308. The van der Waals surface area contributed by atoms with Gasteiger partial charge in [-0.05, 0) is 31.2 Å². The third kappa shape index (κ3) is 3.78. The summed E-state index contributed by atoms with van der Waals surface area (Å²) < 4.78 is 18.1. The first-order chi connectivity index (χ1) is 8.69. The Balaban J connectivity index is 0.000000771. The number of hydrogen-bond donors (Lipinski definition) is 1. The Morgan fingerprint density at radius 1 is 1.28 bits per heavy atom. The van der Waals surface area contributed by atoms with Crippen LogP contribution in [-0.2, 0) is 6.61 Å². The fourth-order valence-corrected chi connectivity index (χ4v) is 1.98. The summed E-state index contributed by atoms with van der Waals surface area (Å²) in [5.41, 5.74) is 0.754. The molecule has 0 saturated carbocycles. The molecule has 98 valence electrons. The van der Waals surface area contributed by atoms with E-state index in [1.165, 1.54) is 35.6 Å². The van der Waals surface area contributed by atoms with E-state index >= 15 is 0 Å². The standard InChI is InChI=1S/C11H10FNO2S.C2H6/c1-7-10(6-14)16-11(13-7)15-9-4-2-8(12)3-5-9;1-2/h2-5,14H,6H2,1H3;1-2H3. The maximum atomic E-state index is 12.6. The van der Waals surface area contributed by atoms with Crippen LogP contribution in [0.1, 0.15) is 24.4 Å². The minimum Gasteiger partial charge on any atom is -0.431 e. The zero-order chi connectivity index (χ0) is 13.5. The molecule has 0 spiro atoms. The maximum Gasteiger partial charge on any atom is 0.279 e. The second kappa shape index (κ2) is 7.08. The van der Waals surface area contributed by atoms with Crippen LogP contribution in [0.15, 0.2) is 24.3 Å². The Morgan fingerprint density at radius 3 is 2.39 bits per heavy atom. The van der Waals surface area contributed by atoms with Crippen molar-refractivity contribution in [1.82, 2.24) is 4.98 Å². The van der Waals surface area contributed by atoms with Crippen molar-refractivity contribution in [2.75, 3.05) is 0 Å². The van der Waals surface area contributed by atoms with Gasteiger partial charge in [0.15, 0.2) is 0 Å². The highest BCUT2D eigenvalue weighted by atomic mass is 32.1. The van der Waals surface area contributed by atoms with E-state index in [-0.39, 0.29) is 12.4 Å². The number of aliphatic hydroxyl groups is 1. The average Bonchev–Trinajstić information content (AvgIpc) is 2.75. The number of halogens is 1. The van der Waals surface area contributed by atoms with Gasteiger partial charge in [0.1, 0.15) is 11.6 Å². The van der Waals surface area contributed by atoms with Crippen molar-refractivity contribution in [3.8, 4) is 10.9 Å². The minimum absolute atomic E-state index is 0.0454. The summed E-state index contributed by atoms with van der Waals surface area (Å²) in [5, 5.41) is 9.45. The molecule has 0 bridgehead atoms. The van der Waals surface area contributed by atoms with Gasteiger partial charge in [-0.2, -0.15) is 0 Å². The minimum atomic E-state index is -0.307. The van der Waals surface area contributed by atoms with Crippen molar-refractivity contribution >= 4 is 11.3 Å². The van der Waals surface area contributed by atoms with Crippen LogP contribution < -0.4 is 4.74 Å². The molecule has 3 nitrogen and oxygen atoms in total. The number of aromatic nitrogens is 1. The zero-order valence-electron chi connectivity index (χ0n) is 10.6. The highest BCUT2D eigenvalue weighted by Gasteiger charge is 2.08. The van der Waals surface area contributed by atoms with Crippen molar-refractivity contribution in [3.05, 3.63) is 40.7 Å². The quantitative estimate of drug-likeness (QED) is 0.918. The SMILES string of the molecule is CC.Cc1nc(Oc2ccc(F)cc2)sc1CO. The lowest BCUT2D eigenvalue weighted by Crippen LogP contribution is -1.83. The molecule has 2 rings (SSSR count). The van der Waals surface area contributed by atoms with Crippen LogP contribution in [0.5, 0.6) is 10.9 Å². The monoisotopic (exact) mass is 269 g/mol. The van der Waals surface area contributed by atoms with Gasteiger partial charge in [-0.1, -0.05) is 25.2 Å². The summed E-state index contributed by atoms with van der Waals surface area (Å²) in [4.78, 5) is 4.92. The summed E-state index contributed by atoms with van der Waals surface area (Å²) in [6, 6.07) is 5.71. The Kier molecular flexibility index (Phi) is 5.74. The maximum absolute atomic E-state index is 12.6. The van der Waals surface area contributed by atoms with E-state index in [4.69, 9.17) is 9.84 Å². The molecular formula is C13H16FNO2S. The summed E-state index contributed by atoms with van der Waals surface area (Å²) in [7, 11) is 0. The number of thiazole rings is 1. The summed E-state index contributed by atoms with van der Waals surface area (Å²) in [5.74, 6) is 0.221. The molecule has 1 aromatic carbocycles. The number of hydrogen-bond acceptors (Lipinski definition) is 4. The molecule has 0 saturated heterocycles. The van der Waals surface area contributed by atoms with Crippen molar-refractivity contribution in [2.45, 2.75) is 27.4 Å². The van der Waals surface area contributed by atoms with Gasteiger partial charge in [0.05, 0.1) is 17.2 Å². The first-order valence-corrected chi connectivity index (χ1v) is 6.51. The van der Waals surface area contributed by atoms with Crippen LogP contribution in [0.3, 0.4) is 0 Å². The zero-order valence-corrected chi connectivity index (χ0v) is 11.4. The van der Waals surface area contributed by atoms with Gasteiger partial charge < -0.3 is 9.84 Å². The highest BCUT2D eigenvalue weighted by molar-refractivity contribution is 7.13. The summed E-state index contributed by atoms with van der Waals surface area (Å²) >= 11 is 1.28. The van der Waals surface area contributed by atoms with Gasteiger partial charge >= 0.3 is 0 Å². The number of ether oxygens (including phenoxy) is 1. The normalized spacial score (nSPS) is 9.61. The van der Waals surface area contributed by atoms with E-state index in [0.29, 0.717) is 10.9 Å². The van der Waals surface area contributed by atoms with Crippen molar-refractivity contribution in [3.63, 3.8) is 0 Å². The molecule has 0 fully saturated rings. The van der Waals surface area contributed by atoms with Gasteiger partial charge in [-0.25, -0.2) is 9.37 Å². The van der Waals surface area contributed by atoms with Crippen LogP contribution >= 0.6 is 11.3 Å². The van der Waals surface area contributed by atoms with Crippen molar-refractivity contribution in [2.24, 2.45) is 0 Å². The van der Waals surface area contributed by atoms with E-state index < -0.39 is 0 Å². The van der Waals surface area contributed by atoms with Gasteiger partial charge in [-0.15, -0.1) is 0 Å². The van der Waals surface area contributed by atoms with Crippen LogP contribution in [0, 0.1) is 12.7 Å².